The Bertz CT molecular complexity index is 755. The van der Waals surface area contributed by atoms with Gasteiger partial charge in [-0.05, 0) is 19.1 Å². The SMILES string of the molecule is CC(=O)NCCN(C(=O)CCc1nc(-c2ccco2)no1)C(C)C(=O)O. The van der Waals surface area contributed by atoms with Crippen LogP contribution in [-0.4, -0.2) is 57.1 Å². The molecule has 2 N–H and O–H groups in total. The van der Waals surface area contributed by atoms with Crippen LogP contribution in [0.1, 0.15) is 26.2 Å². The number of carbonyl (C=O) groups is 3. The van der Waals surface area contributed by atoms with Crippen LogP contribution in [0.4, 0.5) is 0 Å². The molecule has 0 spiro atoms. The maximum atomic E-state index is 12.4. The van der Waals surface area contributed by atoms with E-state index in [1.165, 1.54) is 25.0 Å². The van der Waals surface area contributed by atoms with E-state index < -0.39 is 12.0 Å². The highest BCUT2D eigenvalue weighted by molar-refractivity contribution is 5.83. The van der Waals surface area contributed by atoms with E-state index in [0.29, 0.717) is 5.76 Å². The Labute approximate surface area is 149 Å². The lowest BCUT2D eigenvalue weighted by Crippen LogP contribution is -2.46. The highest BCUT2D eigenvalue weighted by Gasteiger charge is 2.25. The van der Waals surface area contributed by atoms with Crippen molar-refractivity contribution in [1.29, 1.82) is 0 Å². The highest BCUT2D eigenvalue weighted by atomic mass is 16.5. The van der Waals surface area contributed by atoms with Crippen molar-refractivity contribution in [2.45, 2.75) is 32.7 Å². The molecule has 10 heteroatoms. The number of hydrogen-bond acceptors (Lipinski definition) is 7. The Morgan fingerprint density at radius 1 is 1.38 bits per heavy atom. The molecule has 0 fully saturated rings. The molecule has 1 atom stereocenters. The summed E-state index contributed by atoms with van der Waals surface area (Å²) in [6.45, 7) is 3.02. The molecule has 0 aliphatic heterocycles. The first-order valence-electron chi connectivity index (χ1n) is 8.01. The summed E-state index contributed by atoms with van der Waals surface area (Å²) in [5.74, 6) is -0.796. The van der Waals surface area contributed by atoms with E-state index in [9.17, 15) is 19.5 Å². The van der Waals surface area contributed by atoms with Crippen LogP contribution in [0.2, 0.25) is 0 Å². The van der Waals surface area contributed by atoms with Gasteiger partial charge < -0.3 is 24.3 Å². The Balaban J connectivity index is 1.95. The summed E-state index contributed by atoms with van der Waals surface area (Å²) in [4.78, 5) is 39.9. The minimum Gasteiger partial charge on any atom is -0.480 e. The minimum atomic E-state index is -1.13. The van der Waals surface area contributed by atoms with Crippen molar-refractivity contribution in [3.63, 3.8) is 0 Å². The van der Waals surface area contributed by atoms with Crippen molar-refractivity contribution in [3.8, 4) is 11.6 Å². The monoisotopic (exact) mass is 364 g/mol. The first-order valence-corrected chi connectivity index (χ1v) is 8.01. The van der Waals surface area contributed by atoms with Gasteiger partial charge in [-0.3, -0.25) is 9.59 Å². The van der Waals surface area contributed by atoms with Crippen molar-refractivity contribution in [1.82, 2.24) is 20.4 Å². The molecule has 0 bridgehead atoms. The second kappa shape index (κ2) is 8.79. The molecule has 1 unspecified atom stereocenters. The molecule has 0 aliphatic rings. The number of aromatic nitrogens is 2. The maximum absolute atomic E-state index is 12.4. The zero-order valence-electron chi connectivity index (χ0n) is 14.5. The van der Waals surface area contributed by atoms with Crippen LogP contribution in [-0.2, 0) is 20.8 Å². The van der Waals surface area contributed by atoms with Gasteiger partial charge in [0.05, 0.1) is 6.26 Å². The number of hydrogen-bond donors (Lipinski definition) is 2. The minimum absolute atomic E-state index is 0.00250. The summed E-state index contributed by atoms with van der Waals surface area (Å²) in [7, 11) is 0. The third kappa shape index (κ3) is 5.16. The molecule has 0 aliphatic carbocycles. The van der Waals surface area contributed by atoms with E-state index in [-0.39, 0.29) is 49.5 Å². The summed E-state index contributed by atoms with van der Waals surface area (Å²) in [5, 5.41) is 15.5. The summed E-state index contributed by atoms with van der Waals surface area (Å²) in [6.07, 6.45) is 1.64. The predicted molar refractivity (Wildman–Crippen MR) is 87.8 cm³/mol. The van der Waals surface area contributed by atoms with Crippen LogP contribution in [0.25, 0.3) is 11.6 Å². The van der Waals surface area contributed by atoms with E-state index >= 15 is 0 Å². The lowest BCUT2D eigenvalue weighted by atomic mass is 10.2. The van der Waals surface area contributed by atoms with Gasteiger partial charge in [-0.2, -0.15) is 4.98 Å². The lowest BCUT2D eigenvalue weighted by molar-refractivity contribution is -0.149. The number of nitrogens with zero attached hydrogens (tertiary/aromatic N) is 3. The maximum Gasteiger partial charge on any atom is 0.326 e. The summed E-state index contributed by atoms with van der Waals surface area (Å²) < 4.78 is 10.2. The van der Waals surface area contributed by atoms with Crippen molar-refractivity contribution < 1.29 is 28.4 Å². The van der Waals surface area contributed by atoms with Gasteiger partial charge in [-0.25, -0.2) is 4.79 Å². The third-order valence-corrected chi connectivity index (χ3v) is 3.63. The van der Waals surface area contributed by atoms with Crippen molar-refractivity contribution in [3.05, 3.63) is 24.3 Å². The first kappa shape index (κ1) is 19.2. The Hall–Kier alpha value is -3.17. The number of rotatable bonds is 9. The number of aliphatic carboxylic acids is 1. The second-order valence-electron chi connectivity index (χ2n) is 5.57. The number of aryl methyl sites for hydroxylation is 1. The second-order valence-corrected chi connectivity index (χ2v) is 5.57. The van der Waals surface area contributed by atoms with E-state index in [2.05, 4.69) is 15.5 Å². The molecule has 0 saturated heterocycles. The zero-order chi connectivity index (χ0) is 19.1. The van der Waals surface area contributed by atoms with Gasteiger partial charge in [0.2, 0.25) is 23.5 Å². The van der Waals surface area contributed by atoms with E-state index in [1.54, 1.807) is 12.1 Å². The molecule has 0 aromatic carbocycles. The number of amides is 2. The smallest absolute Gasteiger partial charge is 0.326 e. The van der Waals surface area contributed by atoms with E-state index in [1.807, 2.05) is 0 Å². The number of carbonyl (C=O) groups excluding carboxylic acids is 2. The van der Waals surface area contributed by atoms with Gasteiger partial charge in [0.1, 0.15) is 6.04 Å². The molecule has 26 heavy (non-hydrogen) atoms. The fourth-order valence-corrected chi connectivity index (χ4v) is 2.24. The van der Waals surface area contributed by atoms with Crippen LogP contribution in [0.5, 0.6) is 0 Å². The molecular weight excluding hydrogens is 344 g/mol. The quantitative estimate of drug-likeness (QED) is 0.663. The first-order chi connectivity index (χ1) is 12.4. The van der Waals surface area contributed by atoms with Crippen molar-refractivity contribution >= 4 is 17.8 Å². The Morgan fingerprint density at radius 3 is 2.77 bits per heavy atom. The van der Waals surface area contributed by atoms with Crippen LogP contribution >= 0.6 is 0 Å². The average Bonchev–Trinajstić information content (AvgIpc) is 3.26. The topological polar surface area (TPSA) is 139 Å². The number of furan rings is 1. The Morgan fingerprint density at radius 2 is 2.15 bits per heavy atom. The molecular formula is C16H20N4O6. The predicted octanol–water partition coefficient (Wildman–Crippen LogP) is 0.700. The van der Waals surface area contributed by atoms with Gasteiger partial charge in [0.25, 0.3) is 0 Å². The Kier molecular flexibility index (Phi) is 6.48. The van der Waals surface area contributed by atoms with Gasteiger partial charge in [0.15, 0.2) is 5.76 Å². The molecule has 10 nitrogen and oxygen atoms in total. The van der Waals surface area contributed by atoms with Crippen LogP contribution in [0.15, 0.2) is 27.3 Å². The summed E-state index contributed by atoms with van der Waals surface area (Å²) in [5.41, 5.74) is 0. The van der Waals surface area contributed by atoms with Gasteiger partial charge >= 0.3 is 5.97 Å². The molecule has 2 heterocycles. The summed E-state index contributed by atoms with van der Waals surface area (Å²) in [6, 6.07) is 2.35. The third-order valence-electron chi connectivity index (χ3n) is 3.63. The van der Waals surface area contributed by atoms with Crippen molar-refractivity contribution in [2.24, 2.45) is 0 Å². The lowest BCUT2D eigenvalue weighted by Gasteiger charge is -2.26. The fraction of sp³-hybridized carbons (Fsp3) is 0.438. The largest absolute Gasteiger partial charge is 0.480 e. The normalized spacial score (nSPS) is 11.8. The number of carboxylic acids is 1. The summed E-state index contributed by atoms with van der Waals surface area (Å²) >= 11 is 0. The average molecular weight is 364 g/mol. The van der Waals surface area contributed by atoms with Crippen LogP contribution in [0.3, 0.4) is 0 Å². The van der Waals surface area contributed by atoms with Gasteiger partial charge in [0, 0.05) is 32.9 Å². The molecule has 0 radical (unpaired) electrons. The van der Waals surface area contributed by atoms with E-state index in [0.717, 1.165) is 0 Å². The molecule has 2 rings (SSSR count). The van der Waals surface area contributed by atoms with E-state index in [4.69, 9.17) is 8.94 Å². The van der Waals surface area contributed by atoms with Gasteiger partial charge in [-0.15, -0.1) is 0 Å². The van der Waals surface area contributed by atoms with Gasteiger partial charge in [-0.1, -0.05) is 5.16 Å². The van der Waals surface area contributed by atoms with Crippen LogP contribution in [0, 0.1) is 0 Å². The zero-order valence-corrected chi connectivity index (χ0v) is 14.5. The molecule has 0 saturated carbocycles. The number of nitrogens with one attached hydrogen (secondary N) is 1. The highest BCUT2D eigenvalue weighted by Crippen LogP contribution is 2.16. The standard InChI is InChI=1S/C16H20N4O6/c1-10(16(23)24)20(8-7-17-11(2)21)14(22)6-5-13-18-15(19-26-13)12-4-3-9-25-12/h3-4,9-10H,5-8H2,1-2H3,(H,17,21)(H,23,24). The molecule has 2 aromatic heterocycles. The fourth-order valence-electron chi connectivity index (χ4n) is 2.24. The molecule has 2 aromatic rings. The molecule has 140 valence electrons. The van der Waals surface area contributed by atoms with Crippen LogP contribution < -0.4 is 5.32 Å². The number of carboxylic acid groups (broad SMARTS) is 1. The molecule has 2 amide bonds. The van der Waals surface area contributed by atoms with Crippen molar-refractivity contribution in [2.75, 3.05) is 13.1 Å².